The lowest BCUT2D eigenvalue weighted by atomic mass is 10.2. The number of carbonyl (C=O) groups excluding carboxylic acids is 2. The molecule has 0 radical (unpaired) electrons. The molecular formula is C14H16Cl2N2O2. The molecule has 2 amide bonds. The van der Waals surface area contributed by atoms with Gasteiger partial charge in [-0.05, 0) is 23.8 Å². The lowest BCUT2D eigenvalue weighted by Crippen LogP contribution is -2.29. The minimum atomic E-state index is -0.275. The molecule has 1 rings (SSSR count). The molecule has 1 N–H and O–H groups in total. The number of nitrogens with one attached hydrogen (secondary N) is 1. The second kappa shape index (κ2) is 7.92. The standard InChI is InChI=1S/C14H16Cl2N2O2/c1-18(2)14(20)7-8-17-13(19)6-4-10-3-5-11(15)9-12(10)16/h3-6,9H,7-8H2,1-2H3,(H,17,19). The summed E-state index contributed by atoms with van der Waals surface area (Å²) in [5.41, 5.74) is 0.704. The zero-order valence-electron chi connectivity index (χ0n) is 11.3. The molecule has 0 spiro atoms. The molecule has 0 aliphatic heterocycles. The minimum Gasteiger partial charge on any atom is -0.352 e. The molecule has 0 aliphatic carbocycles. The number of benzene rings is 1. The van der Waals surface area contributed by atoms with E-state index >= 15 is 0 Å². The van der Waals surface area contributed by atoms with Gasteiger partial charge in [-0.15, -0.1) is 0 Å². The van der Waals surface area contributed by atoms with Crippen molar-refractivity contribution in [1.82, 2.24) is 10.2 Å². The predicted octanol–water partition coefficient (Wildman–Crippen LogP) is 2.60. The van der Waals surface area contributed by atoms with Crippen molar-refractivity contribution in [2.75, 3.05) is 20.6 Å². The van der Waals surface area contributed by atoms with Crippen LogP contribution in [0.4, 0.5) is 0 Å². The Labute approximate surface area is 128 Å². The molecule has 0 bridgehead atoms. The van der Waals surface area contributed by atoms with E-state index in [1.807, 2.05) is 0 Å². The second-order valence-electron chi connectivity index (χ2n) is 4.33. The molecule has 4 nitrogen and oxygen atoms in total. The predicted molar refractivity (Wildman–Crippen MR) is 81.8 cm³/mol. The third kappa shape index (κ3) is 5.63. The van der Waals surface area contributed by atoms with E-state index in [9.17, 15) is 9.59 Å². The fourth-order valence-electron chi connectivity index (χ4n) is 1.38. The van der Waals surface area contributed by atoms with Crippen LogP contribution in [0.1, 0.15) is 12.0 Å². The van der Waals surface area contributed by atoms with Crippen molar-refractivity contribution in [3.05, 3.63) is 39.9 Å². The first-order chi connectivity index (χ1) is 9.40. The van der Waals surface area contributed by atoms with Crippen LogP contribution >= 0.6 is 23.2 Å². The lowest BCUT2D eigenvalue weighted by Gasteiger charge is -2.09. The van der Waals surface area contributed by atoms with Gasteiger partial charge in [0, 0.05) is 43.2 Å². The molecule has 1 aromatic rings. The summed E-state index contributed by atoms with van der Waals surface area (Å²) in [6, 6.07) is 5.03. The normalized spacial score (nSPS) is 10.6. The van der Waals surface area contributed by atoms with E-state index in [0.29, 0.717) is 22.2 Å². The number of hydrogen-bond donors (Lipinski definition) is 1. The van der Waals surface area contributed by atoms with Gasteiger partial charge in [-0.3, -0.25) is 9.59 Å². The summed E-state index contributed by atoms with van der Waals surface area (Å²) < 4.78 is 0. The molecule has 0 saturated carbocycles. The molecule has 0 saturated heterocycles. The summed E-state index contributed by atoms with van der Waals surface area (Å²) in [5.74, 6) is -0.308. The maximum absolute atomic E-state index is 11.6. The summed E-state index contributed by atoms with van der Waals surface area (Å²) in [4.78, 5) is 24.3. The minimum absolute atomic E-state index is 0.0324. The van der Waals surface area contributed by atoms with Crippen LogP contribution in [0.5, 0.6) is 0 Å². The number of nitrogens with zero attached hydrogens (tertiary/aromatic N) is 1. The van der Waals surface area contributed by atoms with Gasteiger partial charge in [0.15, 0.2) is 0 Å². The number of carbonyl (C=O) groups is 2. The fourth-order valence-corrected chi connectivity index (χ4v) is 1.85. The molecule has 6 heteroatoms. The first-order valence-corrected chi connectivity index (χ1v) is 6.77. The van der Waals surface area contributed by atoms with Crippen LogP contribution in [-0.4, -0.2) is 37.4 Å². The van der Waals surface area contributed by atoms with Crippen LogP contribution in [0.2, 0.25) is 10.0 Å². The number of rotatable bonds is 5. The molecule has 0 aromatic heterocycles. The molecule has 108 valence electrons. The lowest BCUT2D eigenvalue weighted by molar-refractivity contribution is -0.128. The van der Waals surface area contributed by atoms with Crippen molar-refractivity contribution >= 4 is 41.1 Å². The van der Waals surface area contributed by atoms with Gasteiger partial charge in [0.05, 0.1) is 0 Å². The van der Waals surface area contributed by atoms with E-state index in [4.69, 9.17) is 23.2 Å². The average molecular weight is 315 g/mol. The third-order valence-electron chi connectivity index (χ3n) is 2.51. The van der Waals surface area contributed by atoms with E-state index in [-0.39, 0.29) is 18.2 Å². The van der Waals surface area contributed by atoms with Crippen LogP contribution in [0, 0.1) is 0 Å². The van der Waals surface area contributed by atoms with Crippen molar-refractivity contribution in [3.63, 3.8) is 0 Å². The highest BCUT2D eigenvalue weighted by Crippen LogP contribution is 2.21. The first-order valence-electron chi connectivity index (χ1n) is 6.01. The van der Waals surface area contributed by atoms with Gasteiger partial charge >= 0.3 is 0 Å². The van der Waals surface area contributed by atoms with Crippen LogP contribution < -0.4 is 5.32 Å². The van der Waals surface area contributed by atoms with Crippen molar-refractivity contribution < 1.29 is 9.59 Å². The van der Waals surface area contributed by atoms with Crippen molar-refractivity contribution in [2.45, 2.75) is 6.42 Å². The van der Waals surface area contributed by atoms with E-state index in [1.165, 1.54) is 11.0 Å². The van der Waals surface area contributed by atoms with E-state index in [1.54, 1.807) is 38.4 Å². The Bertz CT molecular complexity index is 528. The van der Waals surface area contributed by atoms with Crippen LogP contribution in [0.15, 0.2) is 24.3 Å². The van der Waals surface area contributed by atoms with E-state index in [2.05, 4.69) is 5.32 Å². The molecule has 0 unspecified atom stereocenters. The monoisotopic (exact) mass is 314 g/mol. The quantitative estimate of drug-likeness (QED) is 0.849. The highest BCUT2D eigenvalue weighted by Gasteiger charge is 2.04. The molecule has 0 aliphatic rings. The fraction of sp³-hybridized carbons (Fsp3) is 0.286. The Morgan fingerprint density at radius 1 is 1.30 bits per heavy atom. The third-order valence-corrected chi connectivity index (χ3v) is 3.08. The maximum atomic E-state index is 11.6. The topological polar surface area (TPSA) is 49.4 Å². The smallest absolute Gasteiger partial charge is 0.244 e. The largest absolute Gasteiger partial charge is 0.352 e. The van der Waals surface area contributed by atoms with Crippen molar-refractivity contribution in [3.8, 4) is 0 Å². The summed E-state index contributed by atoms with van der Waals surface area (Å²) in [6.07, 6.45) is 3.24. The average Bonchev–Trinajstić information content (AvgIpc) is 2.37. The zero-order chi connectivity index (χ0) is 15.1. The Hall–Kier alpha value is -1.52. The SMILES string of the molecule is CN(C)C(=O)CCNC(=O)C=Cc1ccc(Cl)cc1Cl. The summed E-state index contributed by atoms with van der Waals surface area (Å²) >= 11 is 11.8. The van der Waals surface area contributed by atoms with Crippen LogP contribution in [-0.2, 0) is 9.59 Å². The Balaban J connectivity index is 2.46. The number of halogens is 2. The molecule has 0 atom stereocenters. The van der Waals surface area contributed by atoms with Gasteiger partial charge in [0.25, 0.3) is 0 Å². The summed E-state index contributed by atoms with van der Waals surface area (Å²) in [5, 5.41) is 3.64. The highest BCUT2D eigenvalue weighted by molar-refractivity contribution is 6.35. The molecule has 20 heavy (non-hydrogen) atoms. The van der Waals surface area contributed by atoms with Gasteiger partial charge in [-0.1, -0.05) is 29.3 Å². The van der Waals surface area contributed by atoms with Gasteiger partial charge < -0.3 is 10.2 Å². The number of hydrogen-bond acceptors (Lipinski definition) is 2. The Morgan fingerprint density at radius 2 is 2.00 bits per heavy atom. The number of amides is 2. The Morgan fingerprint density at radius 3 is 2.60 bits per heavy atom. The summed E-state index contributed by atoms with van der Waals surface area (Å²) in [7, 11) is 3.35. The van der Waals surface area contributed by atoms with Crippen LogP contribution in [0.3, 0.4) is 0 Å². The summed E-state index contributed by atoms with van der Waals surface area (Å²) in [6.45, 7) is 0.300. The Kier molecular flexibility index (Phi) is 6.55. The highest BCUT2D eigenvalue weighted by atomic mass is 35.5. The second-order valence-corrected chi connectivity index (χ2v) is 5.17. The van der Waals surface area contributed by atoms with Crippen molar-refractivity contribution in [2.24, 2.45) is 0 Å². The molecular weight excluding hydrogens is 299 g/mol. The molecule has 1 aromatic carbocycles. The zero-order valence-corrected chi connectivity index (χ0v) is 12.8. The van der Waals surface area contributed by atoms with Gasteiger partial charge in [0.2, 0.25) is 11.8 Å². The van der Waals surface area contributed by atoms with Gasteiger partial charge in [0.1, 0.15) is 0 Å². The van der Waals surface area contributed by atoms with Crippen LogP contribution in [0.25, 0.3) is 6.08 Å². The molecule has 0 heterocycles. The maximum Gasteiger partial charge on any atom is 0.244 e. The van der Waals surface area contributed by atoms with Crippen molar-refractivity contribution in [1.29, 1.82) is 0 Å². The van der Waals surface area contributed by atoms with Gasteiger partial charge in [-0.25, -0.2) is 0 Å². The first kappa shape index (κ1) is 16.5. The van der Waals surface area contributed by atoms with E-state index in [0.717, 1.165) is 0 Å². The van der Waals surface area contributed by atoms with E-state index < -0.39 is 0 Å². The molecule has 0 fully saturated rings. The van der Waals surface area contributed by atoms with Gasteiger partial charge in [-0.2, -0.15) is 0 Å².